The first-order valence-electron chi connectivity index (χ1n) is 4.17. The highest BCUT2D eigenvalue weighted by atomic mass is 32.2. The summed E-state index contributed by atoms with van der Waals surface area (Å²) in [7, 11) is 0. The molecule has 0 aliphatic carbocycles. The van der Waals surface area contributed by atoms with E-state index in [1.54, 1.807) is 17.8 Å². The first-order valence-corrected chi connectivity index (χ1v) is 5.32. The Morgan fingerprint density at radius 2 is 2.23 bits per heavy atom. The average molecular weight is 196 g/mol. The van der Waals surface area contributed by atoms with Gasteiger partial charge in [0.1, 0.15) is 5.82 Å². The van der Waals surface area contributed by atoms with E-state index in [1.165, 1.54) is 12.1 Å². The van der Waals surface area contributed by atoms with E-state index >= 15 is 0 Å². The van der Waals surface area contributed by atoms with Crippen molar-refractivity contribution in [3.05, 3.63) is 35.1 Å². The molecule has 0 amide bonds. The van der Waals surface area contributed by atoms with E-state index in [2.05, 4.69) is 0 Å². The topological polar surface area (TPSA) is 17.1 Å². The lowest BCUT2D eigenvalue weighted by molar-refractivity contribution is 0.0989. The summed E-state index contributed by atoms with van der Waals surface area (Å²) in [6.07, 6.45) is 0.529. The van der Waals surface area contributed by atoms with Crippen LogP contribution in [0.2, 0.25) is 0 Å². The Morgan fingerprint density at radius 1 is 1.38 bits per heavy atom. The normalized spacial score (nSPS) is 16.5. The highest BCUT2D eigenvalue weighted by Gasteiger charge is 2.15. The molecule has 0 unspecified atom stereocenters. The Balaban J connectivity index is 2.49. The van der Waals surface area contributed by atoms with E-state index in [-0.39, 0.29) is 11.6 Å². The third kappa shape index (κ3) is 1.75. The van der Waals surface area contributed by atoms with Crippen LogP contribution in [0.1, 0.15) is 22.3 Å². The minimum atomic E-state index is -0.320. The number of hydrogen-bond acceptors (Lipinski definition) is 2. The van der Waals surface area contributed by atoms with Gasteiger partial charge in [0.05, 0.1) is 0 Å². The van der Waals surface area contributed by atoms with E-state index in [4.69, 9.17) is 0 Å². The fourth-order valence-electron chi connectivity index (χ4n) is 1.42. The van der Waals surface area contributed by atoms with Crippen LogP contribution in [0.25, 0.3) is 0 Å². The smallest absolute Gasteiger partial charge is 0.164 e. The standard InChI is InChI=1S/C10H9FOS/c11-8-2-1-7-6-13-4-3-10(12)9(7)5-8/h1-2,5H,3-4,6H2. The summed E-state index contributed by atoms with van der Waals surface area (Å²) < 4.78 is 12.8. The monoisotopic (exact) mass is 196 g/mol. The van der Waals surface area contributed by atoms with Crippen molar-refractivity contribution in [2.24, 2.45) is 0 Å². The molecule has 1 aliphatic heterocycles. The first-order chi connectivity index (χ1) is 6.27. The number of thioether (sulfide) groups is 1. The van der Waals surface area contributed by atoms with Crippen molar-refractivity contribution in [2.75, 3.05) is 5.75 Å². The molecular weight excluding hydrogens is 187 g/mol. The molecule has 13 heavy (non-hydrogen) atoms. The van der Waals surface area contributed by atoms with Crippen molar-refractivity contribution in [3.63, 3.8) is 0 Å². The van der Waals surface area contributed by atoms with Crippen LogP contribution in [-0.4, -0.2) is 11.5 Å². The molecule has 0 saturated heterocycles. The third-order valence-electron chi connectivity index (χ3n) is 2.10. The molecule has 0 radical (unpaired) electrons. The van der Waals surface area contributed by atoms with Crippen LogP contribution in [0.3, 0.4) is 0 Å². The van der Waals surface area contributed by atoms with Crippen molar-refractivity contribution >= 4 is 17.5 Å². The molecule has 2 rings (SSSR count). The van der Waals surface area contributed by atoms with Crippen LogP contribution in [-0.2, 0) is 5.75 Å². The second kappa shape index (κ2) is 3.50. The first kappa shape index (κ1) is 8.75. The van der Waals surface area contributed by atoms with Gasteiger partial charge in [-0.3, -0.25) is 4.79 Å². The van der Waals surface area contributed by atoms with Crippen molar-refractivity contribution in [3.8, 4) is 0 Å². The van der Waals surface area contributed by atoms with Crippen LogP contribution in [0.4, 0.5) is 4.39 Å². The third-order valence-corrected chi connectivity index (χ3v) is 3.11. The van der Waals surface area contributed by atoms with Crippen LogP contribution >= 0.6 is 11.8 Å². The molecule has 3 heteroatoms. The van der Waals surface area contributed by atoms with E-state index < -0.39 is 0 Å². The fourth-order valence-corrected chi connectivity index (χ4v) is 2.36. The number of benzene rings is 1. The van der Waals surface area contributed by atoms with Gasteiger partial charge >= 0.3 is 0 Å². The Bertz CT molecular complexity index is 349. The summed E-state index contributed by atoms with van der Waals surface area (Å²) in [6, 6.07) is 4.47. The zero-order valence-corrected chi connectivity index (χ0v) is 7.86. The molecule has 1 aromatic rings. The zero-order valence-electron chi connectivity index (χ0n) is 7.05. The Morgan fingerprint density at radius 3 is 3.08 bits per heavy atom. The summed E-state index contributed by atoms with van der Waals surface area (Å²) in [6.45, 7) is 0. The van der Waals surface area contributed by atoms with Gasteiger partial charge in [-0.2, -0.15) is 11.8 Å². The van der Waals surface area contributed by atoms with Crippen molar-refractivity contribution in [2.45, 2.75) is 12.2 Å². The summed E-state index contributed by atoms with van der Waals surface area (Å²) in [5, 5.41) is 0. The van der Waals surface area contributed by atoms with Gasteiger partial charge in [-0.15, -0.1) is 0 Å². The molecule has 0 saturated carbocycles. The van der Waals surface area contributed by atoms with Gasteiger partial charge in [0.15, 0.2) is 5.78 Å². The molecule has 0 spiro atoms. The number of rotatable bonds is 0. The predicted octanol–water partition coefficient (Wildman–Crippen LogP) is 2.65. The lowest BCUT2D eigenvalue weighted by Crippen LogP contribution is -2.01. The van der Waals surface area contributed by atoms with Crippen LogP contribution < -0.4 is 0 Å². The maximum Gasteiger partial charge on any atom is 0.164 e. The Kier molecular flexibility index (Phi) is 2.36. The van der Waals surface area contributed by atoms with Crippen molar-refractivity contribution in [1.29, 1.82) is 0 Å². The Hall–Kier alpha value is -0.830. The molecule has 1 aliphatic rings. The van der Waals surface area contributed by atoms with E-state index in [1.807, 2.05) is 0 Å². The van der Waals surface area contributed by atoms with Gasteiger partial charge in [-0.1, -0.05) is 6.07 Å². The Labute approximate surface area is 80.3 Å². The molecule has 0 N–H and O–H groups in total. The number of carbonyl (C=O) groups excluding carboxylic acids is 1. The number of Topliss-reactive ketones (excluding diaryl/α,β-unsaturated/α-hetero) is 1. The minimum absolute atomic E-state index is 0.0690. The second-order valence-electron chi connectivity index (χ2n) is 3.03. The van der Waals surface area contributed by atoms with Crippen molar-refractivity contribution in [1.82, 2.24) is 0 Å². The van der Waals surface area contributed by atoms with Crippen LogP contribution in [0.5, 0.6) is 0 Å². The summed E-state index contributed by atoms with van der Waals surface area (Å²) in [5.74, 6) is 1.41. The molecule has 0 aromatic heterocycles. The predicted molar refractivity (Wildman–Crippen MR) is 51.5 cm³/mol. The summed E-state index contributed by atoms with van der Waals surface area (Å²) >= 11 is 1.72. The van der Waals surface area contributed by atoms with Crippen LogP contribution in [0, 0.1) is 5.82 Å². The number of hydrogen-bond donors (Lipinski definition) is 0. The van der Waals surface area contributed by atoms with Crippen LogP contribution in [0.15, 0.2) is 18.2 Å². The largest absolute Gasteiger partial charge is 0.294 e. The van der Waals surface area contributed by atoms with Gasteiger partial charge in [0.2, 0.25) is 0 Å². The number of halogens is 1. The van der Waals surface area contributed by atoms with E-state index in [0.29, 0.717) is 12.0 Å². The fraction of sp³-hybridized carbons (Fsp3) is 0.300. The van der Waals surface area contributed by atoms with Gasteiger partial charge in [-0.25, -0.2) is 4.39 Å². The molecule has 0 atom stereocenters. The van der Waals surface area contributed by atoms with Gasteiger partial charge in [0, 0.05) is 23.5 Å². The quantitative estimate of drug-likeness (QED) is 0.634. The number of fused-ring (bicyclic) bond motifs is 1. The highest BCUT2D eigenvalue weighted by molar-refractivity contribution is 7.98. The lowest BCUT2D eigenvalue weighted by atomic mass is 10.0. The van der Waals surface area contributed by atoms with Gasteiger partial charge in [-0.05, 0) is 17.7 Å². The van der Waals surface area contributed by atoms with Gasteiger partial charge in [0.25, 0.3) is 0 Å². The average Bonchev–Trinajstić information content (AvgIpc) is 2.29. The number of carbonyl (C=O) groups is 1. The minimum Gasteiger partial charge on any atom is -0.294 e. The molecular formula is C10H9FOS. The van der Waals surface area contributed by atoms with Crippen molar-refractivity contribution < 1.29 is 9.18 Å². The molecule has 0 fully saturated rings. The zero-order chi connectivity index (χ0) is 9.26. The number of ketones is 1. The molecule has 1 nitrogen and oxygen atoms in total. The molecule has 0 bridgehead atoms. The lowest BCUT2D eigenvalue weighted by Gasteiger charge is -2.02. The molecule has 68 valence electrons. The van der Waals surface area contributed by atoms with E-state index in [0.717, 1.165) is 17.1 Å². The highest BCUT2D eigenvalue weighted by Crippen LogP contribution is 2.24. The summed E-state index contributed by atoms with van der Waals surface area (Å²) in [5.41, 5.74) is 1.54. The van der Waals surface area contributed by atoms with E-state index in [9.17, 15) is 9.18 Å². The van der Waals surface area contributed by atoms with Gasteiger partial charge < -0.3 is 0 Å². The summed E-state index contributed by atoms with van der Waals surface area (Å²) in [4.78, 5) is 11.5. The molecule has 1 aromatic carbocycles. The maximum atomic E-state index is 12.8. The second-order valence-corrected chi connectivity index (χ2v) is 4.13. The maximum absolute atomic E-state index is 12.8. The SMILES string of the molecule is O=C1CCSCc2ccc(F)cc21. The molecule has 1 heterocycles.